The van der Waals surface area contributed by atoms with Gasteiger partial charge in [0, 0.05) is 45.7 Å². The summed E-state index contributed by atoms with van der Waals surface area (Å²) in [6.07, 6.45) is 5.39. The van der Waals surface area contributed by atoms with Crippen LogP contribution in [0.25, 0.3) is 11.5 Å². The Kier molecular flexibility index (Phi) is 5.01. The summed E-state index contributed by atoms with van der Waals surface area (Å²) in [4.78, 5) is 13.0. The third-order valence-corrected chi connectivity index (χ3v) is 3.48. The molecule has 6 heteroatoms. The van der Waals surface area contributed by atoms with Crippen molar-refractivity contribution in [3.8, 4) is 11.5 Å². The Morgan fingerprint density at radius 2 is 1.79 bits per heavy atom. The van der Waals surface area contributed by atoms with Gasteiger partial charge in [-0.15, -0.1) is 0 Å². The van der Waals surface area contributed by atoms with E-state index in [1.54, 1.807) is 6.20 Å². The van der Waals surface area contributed by atoms with Crippen LogP contribution in [0.2, 0.25) is 0 Å². The van der Waals surface area contributed by atoms with E-state index in [1.807, 2.05) is 18.5 Å². The number of hydrogen-bond donors (Lipinski definition) is 1. The first-order valence-electron chi connectivity index (χ1n) is 5.92. The summed E-state index contributed by atoms with van der Waals surface area (Å²) in [6.45, 7) is 4.99. The van der Waals surface area contributed by atoms with E-state index in [-0.39, 0.29) is 0 Å². The third kappa shape index (κ3) is 4.06. The fraction of sp³-hybridized carbons (Fsp3) is 0.308. The second-order valence-corrected chi connectivity index (χ2v) is 6.20. The quantitative estimate of drug-likeness (QED) is 0.874. The zero-order valence-corrected chi connectivity index (χ0v) is 13.9. The Morgan fingerprint density at radius 1 is 1.11 bits per heavy atom. The maximum atomic E-state index is 4.36. The van der Waals surface area contributed by atoms with Crippen molar-refractivity contribution in [3.63, 3.8) is 0 Å². The minimum absolute atomic E-state index is 0.446. The van der Waals surface area contributed by atoms with Gasteiger partial charge in [0.15, 0.2) is 5.82 Å². The number of aromatic nitrogens is 3. The van der Waals surface area contributed by atoms with Gasteiger partial charge >= 0.3 is 0 Å². The summed E-state index contributed by atoms with van der Waals surface area (Å²) in [6, 6.07) is 2.38. The van der Waals surface area contributed by atoms with E-state index in [1.165, 1.54) is 0 Å². The molecule has 0 aliphatic carbocycles. The summed E-state index contributed by atoms with van der Waals surface area (Å²) < 4.78 is 1.79. The first kappa shape index (κ1) is 14.6. The van der Waals surface area contributed by atoms with Gasteiger partial charge in [-0.05, 0) is 37.9 Å². The molecular formula is C13H14Br2N4. The van der Waals surface area contributed by atoms with Gasteiger partial charge in [0.2, 0.25) is 0 Å². The van der Waals surface area contributed by atoms with Gasteiger partial charge in [-0.25, -0.2) is 9.97 Å². The van der Waals surface area contributed by atoms with Crippen LogP contribution in [0, 0.1) is 0 Å². The zero-order valence-electron chi connectivity index (χ0n) is 10.7. The van der Waals surface area contributed by atoms with Crippen LogP contribution in [0.15, 0.2) is 33.6 Å². The molecule has 0 spiro atoms. The van der Waals surface area contributed by atoms with Gasteiger partial charge < -0.3 is 5.32 Å². The lowest BCUT2D eigenvalue weighted by atomic mass is 10.3. The predicted molar refractivity (Wildman–Crippen MR) is 82.6 cm³/mol. The highest BCUT2D eigenvalue weighted by Gasteiger charge is 2.08. The summed E-state index contributed by atoms with van der Waals surface area (Å²) in [5, 5.41) is 3.33. The molecule has 100 valence electrons. The van der Waals surface area contributed by atoms with Crippen molar-refractivity contribution in [1.82, 2.24) is 20.3 Å². The van der Waals surface area contributed by atoms with Crippen LogP contribution >= 0.6 is 31.9 Å². The third-order valence-electron chi connectivity index (χ3n) is 2.44. The molecule has 0 unspecified atom stereocenters. The molecular weight excluding hydrogens is 372 g/mol. The van der Waals surface area contributed by atoms with Crippen molar-refractivity contribution in [2.24, 2.45) is 0 Å². The lowest BCUT2D eigenvalue weighted by molar-refractivity contribution is 0.587. The van der Waals surface area contributed by atoms with Crippen molar-refractivity contribution >= 4 is 31.9 Å². The molecule has 2 rings (SSSR count). The summed E-state index contributed by atoms with van der Waals surface area (Å²) in [5.41, 5.74) is 1.80. The largest absolute Gasteiger partial charge is 0.310 e. The summed E-state index contributed by atoms with van der Waals surface area (Å²) in [5.74, 6) is 0.618. The molecule has 0 aromatic carbocycles. The molecule has 0 aliphatic heterocycles. The van der Waals surface area contributed by atoms with Crippen LogP contribution < -0.4 is 5.32 Å². The highest BCUT2D eigenvalue weighted by atomic mass is 79.9. The van der Waals surface area contributed by atoms with Gasteiger partial charge in [-0.3, -0.25) is 4.98 Å². The van der Waals surface area contributed by atoms with Gasteiger partial charge in [0.25, 0.3) is 0 Å². The van der Waals surface area contributed by atoms with E-state index >= 15 is 0 Å². The van der Waals surface area contributed by atoms with Crippen LogP contribution in [0.1, 0.15) is 19.4 Å². The van der Waals surface area contributed by atoms with Crippen LogP contribution in [0.3, 0.4) is 0 Å². The molecule has 2 aromatic rings. The standard InChI is InChI=1S/C13H14Br2N4/c1-8(2)16-4-9-5-18-13(19-6-9)12-11(15)3-10(14)7-17-12/h3,5-8,16H,4H2,1-2H3. The molecule has 0 saturated carbocycles. The van der Waals surface area contributed by atoms with Crippen molar-refractivity contribution in [2.45, 2.75) is 26.4 Å². The lowest BCUT2D eigenvalue weighted by Crippen LogP contribution is -2.22. The van der Waals surface area contributed by atoms with Gasteiger partial charge in [-0.2, -0.15) is 0 Å². The Balaban J connectivity index is 2.18. The SMILES string of the molecule is CC(C)NCc1cnc(-c2ncc(Br)cc2Br)nc1. The van der Waals surface area contributed by atoms with Crippen LogP contribution in [0.5, 0.6) is 0 Å². The monoisotopic (exact) mass is 384 g/mol. The number of hydrogen-bond acceptors (Lipinski definition) is 4. The first-order valence-corrected chi connectivity index (χ1v) is 7.50. The maximum absolute atomic E-state index is 4.36. The molecule has 0 aliphatic rings. The molecule has 0 amide bonds. The zero-order chi connectivity index (χ0) is 13.8. The first-order chi connectivity index (χ1) is 9.06. The molecule has 0 atom stereocenters. The van der Waals surface area contributed by atoms with E-state index in [0.717, 1.165) is 26.7 Å². The van der Waals surface area contributed by atoms with Crippen molar-refractivity contribution < 1.29 is 0 Å². The predicted octanol–water partition coefficient (Wildman–Crippen LogP) is 3.56. The van der Waals surface area contributed by atoms with Crippen LogP contribution in [-0.2, 0) is 6.54 Å². The Morgan fingerprint density at radius 3 is 2.37 bits per heavy atom. The van der Waals surface area contributed by atoms with Gasteiger partial charge in [0.1, 0.15) is 5.69 Å². The number of halogens is 2. The molecule has 2 heterocycles. The average molecular weight is 386 g/mol. The average Bonchev–Trinajstić information content (AvgIpc) is 2.37. The van der Waals surface area contributed by atoms with Crippen LogP contribution in [0.4, 0.5) is 0 Å². The number of rotatable bonds is 4. The molecule has 2 aromatic heterocycles. The number of pyridine rings is 1. The molecule has 1 N–H and O–H groups in total. The normalized spacial score (nSPS) is 11.0. The topological polar surface area (TPSA) is 50.7 Å². The van der Waals surface area contributed by atoms with Crippen molar-refractivity contribution in [2.75, 3.05) is 0 Å². The Labute approximate surface area is 129 Å². The van der Waals surface area contributed by atoms with E-state index in [4.69, 9.17) is 0 Å². The molecule has 0 bridgehead atoms. The van der Waals surface area contributed by atoms with Crippen LogP contribution in [-0.4, -0.2) is 21.0 Å². The smallest absolute Gasteiger partial charge is 0.179 e. The highest BCUT2D eigenvalue weighted by molar-refractivity contribution is 9.11. The fourth-order valence-electron chi connectivity index (χ4n) is 1.47. The Bertz CT molecular complexity index is 555. The van der Waals surface area contributed by atoms with Gasteiger partial charge in [-0.1, -0.05) is 13.8 Å². The van der Waals surface area contributed by atoms with Crippen molar-refractivity contribution in [1.29, 1.82) is 0 Å². The van der Waals surface area contributed by atoms with E-state index in [9.17, 15) is 0 Å². The summed E-state index contributed by atoms with van der Waals surface area (Å²) in [7, 11) is 0. The van der Waals surface area contributed by atoms with E-state index < -0.39 is 0 Å². The molecule has 0 saturated heterocycles. The maximum Gasteiger partial charge on any atom is 0.179 e. The Hall–Kier alpha value is -0.850. The lowest BCUT2D eigenvalue weighted by Gasteiger charge is -2.08. The van der Waals surface area contributed by atoms with Gasteiger partial charge in [0.05, 0.1) is 0 Å². The minimum Gasteiger partial charge on any atom is -0.310 e. The molecule has 19 heavy (non-hydrogen) atoms. The second kappa shape index (κ2) is 6.54. The highest BCUT2D eigenvalue weighted by Crippen LogP contribution is 2.25. The fourth-order valence-corrected chi connectivity index (χ4v) is 2.63. The number of nitrogens with zero attached hydrogens (tertiary/aromatic N) is 3. The molecule has 4 nitrogen and oxygen atoms in total. The minimum atomic E-state index is 0.446. The molecule has 0 fully saturated rings. The van der Waals surface area contributed by atoms with E-state index in [0.29, 0.717) is 11.9 Å². The summed E-state index contributed by atoms with van der Waals surface area (Å²) >= 11 is 6.84. The van der Waals surface area contributed by atoms with Crippen molar-refractivity contribution in [3.05, 3.63) is 39.2 Å². The second-order valence-electron chi connectivity index (χ2n) is 4.43. The molecule has 0 radical (unpaired) electrons. The van der Waals surface area contributed by atoms with E-state index in [2.05, 4.69) is 66.0 Å². The number of nitrogens with one attached hydrogen (secondary N) is 1.